The van der Waals surface area contributed by atoms with Crippen LogP contribution in [0.4, 0.5) is 0 Å². The molecule has 1 unspecified atom stereocenters. The van der Waals surface area contributed by atoms with Gasteiger partial charge in [0, 0.05) is 5.33 Å². The lowest BCUT2D eigenvalue weighted by Gasteiger charge is -2.24. The van der Waals surface area contributed by atoms with Crippen molar-refractivity contribution in [1.82, 2.24) is 0 Å². The van der Waals surface area contributed by atoms with Gasteiger partial charge in [-0.15, -0.1) is 0 Å². The summed E-state index contributed by atoms with van der Waals surface area (Å²) in [5, 5.41) is 0.618. The maximum absolute atomic E-state index is 12.8. The van der Waals surface area contributed by atoms with E-state index in [0.29, 0.717) is 18.5 Å². The van der Waals surface area contributed by atoms with E-state index in [1.165, 1.54) is 64.2 Å². The average Bonchev–Trinajstić information content (AvgIpc) is 2.65. The highest BCUT2D eigenvalue weighted by atomic mass is 79.9. The van der Waals surface area contributed by atoms with Gasteiger partial charge >= 0.3 is 7.82 Å². The van der Waals surface area contributed by atoms with Crippen LogP contribution in [0.2, 0.25) is 0 Å². The first-order chi connectivity index (χ1) is 13.1. The average molecular weight is 471 g/mol. The maximum Gasteiger partial charge on any atom is 0.475 e. The summed E-state index contributed by atoms with van der Waals surface area (Å²) in [6.07, 6.45) is 16.9. The summed E-state index contributed by atoms with van der Waals surface area (Å²) in [6.45, 7) is 6.97. The fourth-order valence-electron chi connectivity index (χ4n) is 3.14. The Balaban J connectivity index is 4.43. The van der Waals surface area contributed by atoms with E-state index in [1.54, 1.807) is 0 Å². The molecule has 164 valence electrons. The molecule has 0 spiro atoms. The molecule has 0 fully saturated rings. The van der Waals surface area contributed by atoms with Crippen molar-refractivity contribution >= 4 is 23.8 Å². The van der Waals surface area contributed by atoms with Crippen molar-refractivity contribution < 1.29 is 18.1 Å². The van der Waals surface area contributed by atoms with Crippen molar-refractivity contribution in [2.45, 2.75) is 117 Å². The first-order valence-corrected chi connectivity index (χ1v) is 13.8. The molecule has 0 aliphatic carbocycles. The van der Waals surface area contributed by atoms with Gasteiger partial charge in [-0.05, 0) is 19.8 Å². The molecule has 0 aromatic rings. The third-order valence-corrected chi connectivity index (χ3v) is 6.60. The van der Waals surface area contributed by atoms with Crippen molar-refractivity contribution in [2.75, 3.05) is 18.5 Å². The highest BCUT2D eigenvalue weighted by molar-refractivity contribution is 9.09. The smallest absolute Gasteiger partial charge is 0.287 e. The molecule has 0 aromatic carbocycles. The summed E-state index contributed by atoms with van der Waals surface area (Å²) in [5.74, 6) is 0. The van der Waals surface area contributed by atoms with Crippen molar-refractivity contribution in [2.24, 2.45) is 0 Å². The van der Waals surface area contributed by atoms with Gasteiger partial charge in [-0.1, -0.05) is 107 Å². The molecule has 1 atom stereocenters. The van der Waals surface area contributed by atoms with Gasteiger partial charge in [-0.2, -0.15) is 0 Å². The Morgan fingerprint density at radius 1 is 0.741 bits per heavy atom. The van der Waals surface area contributed by atoms with Crippen LogP contribution in [0.15, 0.2) is 0 Å². The van der Waals surface area contributed by atoms with Gasteiger partial charge in [-0.3, -0.25) is 13.6 Å². The zero-order valence-electron chi connectivity index (χ0n) is 18.1. The minimum absolute atomic E-state index is 0.0324. The second-order valence-electron chi connectivity index (χ2n) is 7.23. The fourth-order valence-corrected chi connectivity index (χ4v) is 4.95. The van der Waals surface area contributed by atoms with Crippen LogP contribution in [-0.2, 0) is 18.1 Å². The zero-order chi connectivity index (χ0) is 20.2. The number of hydrogen-bond acceptors (Lipinski definition) is 4. The number of halogens is 1. The molecule has 0 saturated carbocycles. The summed E-state index contributed by atoms with van der Waals surface area (Å²) < 4.78 is 29.6. The third kappa shape index (κ3) is 17.2. The minimum Gasteiger partial charge on any atom is -0.287 e. The molecule has 0 aliphatic heterocycles. The Morgan fingerprint density at radius 2 is 1.22 bits per heavy atom. The monoisotopic (exact) mass is 470 g/mol. The predicted octanol–water partition coefficient (Wildman–Crippen LogP) is 8.43. The van der Waals surface area contributed by atoms with Gasteiger partial charge in [0.15, 0.2) is 0 Å². The lowest BCUT2D eigenvalue weighted by atomic mass is 10.0. The molecule has 0 radical (unpaired) electrons. The van der Waals surface area contributed by atoms with E-state index < -0.39 is 7.82 Å². The summed E-state index contributed by atoms with van der Waals surface area (Å²) in [6, 6.07) is 0. The van der Waals surface area contributed by atoms with Crippen LogP contribution in [0.5, 0.6) is 0 Å². The molecule has 0 aromatic heterocycles. The first-order valence-electron chi connectivity index (χ1n) is 11.2. The molecule has 0 amide bonds. The molecule has 0 saturated heterocycles. The van der Waals surface area contributed by atoms with E-state index in [1.807, 2.05) is 6.92 Å². The summed E-state index contributed by atoms with van der Waals surface area (Å²) >= 11 is 3.31. The SMILES string of the molecule is CCCCCCCCC(CCCCCCCC)OP(=O)(OCC)OCCBr. The molecule has 0 N–H and O–H groups in total. The van der Waals surface area contributed by atoms with Crippen LogP contribution < -0.4 is 0 Å². The lowest BCUT2D eigenvalue weighted by molar-refractivity contribution is 0.0739. The normalized spacial score (nSPS) is 14.0. The number of unbranched alkanes of at least 4 members (excludes halogenated alkanes) is 10. The van der Waals surface area contributed by atoms with Gasteiger partial charge in [0.1, 0.15) is 0 Å². The van der Waals surface area contributed by atoms with Crippen LogP contribution >= 0.6 is 23.8 Å². The second-order valence-corrected chi connectivity index (χ2v) is 9.64. The second kappa shape index (κ2) is 19.9. The molecule has 6 heteroatoms. The lowest BCUT2D eigenvalue weighted by Crippen LogP contribution is -2.14. The van der Waals surface area contributed by atoms with Crippen molar-refractivity contribution in [3.8, 4) is 0 Å². The van der Waals surface area contributed by atoms with E-state index in [-0.39, 0.29) is 6.10 Å². The van der Waals surface area contributed by atoms with Crippen molar-refractivity contribution in [3.05, 3.63) is 0 Å². The summed E-state index contributed by atoms with van der Waals surface area (Å²) in [4.78, 5) is 0. The van der Waals surface area contributed by atoms with Crippen molar-refractivity contribution in [1.29, 1.82) is 0 Å². The van der Waals surface area contributed by atoms with E-state index >= 15 is 0 Å². The molecule has 0 aliphatic rings. The van der Waals surface area contributed by atoms with Crippen LogP contribution in [0.3, 0.4) is 0 Å². The molecule has 4 nitrogen and oxygen atoms in total. The fraction of sp³-hybridized carbons (Fsp3) is 1.00. The molecule has 0 heterocycles. The molecule has 0 bridgehead atoms. The zero-order valence-corrected chi connectivity index (χ0v) is 20.5. The van der Waals surface area contributed by atoms with E-state index in [4.69, 9.17) is 13.6 Å². The van der Waals surface area contributed by atoms with E-state index in [0.717, 1.165) is 25.7 Å². The number of phosphoric ester groups is 1. The topological polar surface area (TPSA) is 44.8 Å². The van der Waals surface area contributed by atoms with Gasteiger partial charge < -0.3 is 0 Å². The minimum atomic E-state index is -3.45. The Hall–Kier alpha value is 0.590. The van der Waals surface area contributed by atoms with Gasteiger partial charge in [0.2, 0.25) is 0 Å². The van der Waals surface area contributed by atoms with E-state index in [2.05, 4.69) is 29.8 Å². The molecular formula is C21H44BrO4P. The number of rotatable bonds is 21. The van der Waals surface area contributed by atoms with Gasteiger partial charge in [-0.25, -0.2) is 4.57 Å². The molecule has 27 heavy (non-hydrogen) atoms. The predicted molar refractivity (Wildman–Crippen MR) is 120 cm³/mol. The Morgan fingerprint density at radius 3 is 1.67 bits per heavy atom. The van der Waals surface area contributed by atoms with Crippen LogP contribution in [-0.4, -0.2) is 24.6 Å². The van der Waals surface area contributed by atoms with Crippen LogP contribution in [0.25, 0.3) is 0 Å². The Labute approximate surface area is 177 Å². The summed E-state index contributed by atoms with van der Waals surface area (Å²) in [7, 11) is -3.45. The van der Waals surface area contributed by atoms with E-state index in [9.17, 15) is 4.57 Å². The number of hydrogen-bond donors (Lipinski definition) is 0. The third-order valence-electron chi connectivity index (χ3n) is 4.65. The highest BCUT2D eigenvalue weighted by Crippen LogP contribution is 2.51. The first kappa shape index (κ1) is 27.6. The quantitative estimate of drug-likeness (QED) is 0.0957. The standard InChI is InChI=1S/C21H44BrO4P/c1-4-7-9-11-13-15-17-21(18-16-14-12-10-8-5-2)26-27(23,24-6-3)25-20-19-22/h21H,4-20H2,1-3H3. The highest BCUT2D eigenvalue weighted by Gasteiger charge is 2.30. The number of alkyl halides is 1. The van der Waals surface area contributed by atoms with Crippen LogP contribution in [0.1, 0.15) is 111 Å². The van der Waals surface area contributed by atoms with Gasteiger partial charge in [0.25, 0.3) is 0 Å². The Kier molecular flexibility index (Phi) is 20.3. The van der Waals surface area contributed by atoms with Gasteiger partial charge in [0.05, 0.1) is 19.3 Å². The van der Waals surface area contributed by atoms with Crippen LogP contribution in [0, 0.1) is 0 Å². The molecular weight excluding hydrogens is 427 g/mol. The molecule has 0 rings (SSSR count). The largest absolute Gasteiger partial charge is 0.475 e. The number of phosphoric acid groups is 1. The Bertz CT molecular complexity index is 339. The maximum atomic E-state index is 12.8. The van der Waals surface area contributed by atoms with Crippen molar-refractivity contribution in [3.63, 3.8) is 0 Å². The summed E-state index contributed by atoms with van der Waals surface area (Å²) in [5.41, 5.74) is 0.